The van der Waals surface area contributed by atoms with E-state index >= 15 is 0 Å². The average Bonchev–Trinajstić information content (AvgIpc) is 3.19. The first-order chi connectivity index (χ1) is 19.6. The van der Waals surface area contributed by atoms with E-state index in [1.165, 1.54) is 6.08 Å². The third-order valence-corrected chi connectivity index (χ3v) is 7.10. The van der Waals surface area contributed by atoms with Crippen molar-refractivity contribution in [3.63, 3.8) is 0 Å². The molecule has 2 aliphatic heterocycles. The van der Waals surface area contributed by atoms with Gasteiger partial charge in [0, 0.05) is 58.6 Å². The molecule has 0 aromatic carbocycles. The van der Waals surface area contributed by atoms with Gasteiger partial charge < -0.3 is 26.0 Å². The van der Waals surface area contributed by atoms with Crippen LogP contribution in [0.2, 0.25) is 0 Å². The maximum absolute atomic E-state index is 13.7. The van der Waals surface area contributed by atoms with Crippen molar-refractivity contribution in [2.24, 2.45) is 5.73 Å². The number of rotatable bonds is 5. The first-order valence-electron chi connectivity index (χ1n) is 13.5. The summed E-state index contributed by atoms with van der Waals surface area (Å²) < 4.78 is 59.4. The minimum Gasteiger partial charge on any atom is -0.378 e. The molecule has 5 rings (SSSR count). The highest BCUT2D eigenvalue weighted by atomic mass is 19.4. The number of alkyl halides is 3. The summed E-state index contributed by atoms with van der Waals surface area (Å²) in [5.74, 6) is -0.0882. The van der Waals surface area contributed by atoms with Crippen molar-refractivity contribution < 1.29 is 22.3 Å². The molecule has 0 bridgehead atoms. The Hall–Kier alpha value is -3.39. The molecule has 2 aromatic heterocycles. The topological polar surface area (TPSA) is 110 Å². The number of halogens is 4. The molecule has 3 aliphatic rings. The SMILES string of the molecule is C.CN1CCN(CC2=CC=C(c3ccnc(CN)c3)CC=C2C(F)(F)F)CC1.Nc1ncc(F)c(N2CCOCC2)n1. The van der Waals surface area contributed by atoms with E-state index in [1.807, 2.05) is 19.2 Å². The molecular formula is C29H40F4N8O. The summed E-state index contributed by atoms with van der Waals surface area (Å²) in [6.07, 6.45) is 3.34. The first kappa shape index (κ1) is 33.1. The predicted molar refractivity (Wildman–Crippen MR) is 157 cm³/mol. The van der Waals surface area contributed by atoms with Crippen molar-refractivity contribution >= 4 is 17.3 Å². The van der Waals surface area contributed by atoms with Crippen LogP contribution in [-0.2, 0) is 11.3 Å². The first-order valence-corrected chi connectivity index (χ1v) is 13.5. The highest BCUT2D eigenvalue weighted by molar-refractivity contribution is 5.70. The van der Waals surface area contributed by atoms with Crippen LogP contribution in [-0.4, -0.2) is 97.0 Å². The Morgan fingerprint density at radius 3 is 2.40 bits per heavy atom. The maximum Gasteiger partial charge on any atom is 0.416 e. The van der Waals surface area contributed by atoms with Crippen LogP contribution in [0.3, 0.4) is 0 Å². The Morgan fingerprint density at radius 1 is 1.02 bits per heavy atom. The second-order valence-corrected chi connectivity index (χ2v) is 10.0. The van der Waals surface area contributed by atoms with E-state index in [9.17, 15) is 17.6 Å². The summed E-state index contributed by atoms with van der Waals surface area (Å²) in [5.41, 5.74) is 13.2. The smallest absolute Gasteiger partial charge is 0.378 e. The summed E-state index contributed by atoms with van der Waals surface area (Å²) in [4.78, 5) is 17.7. The van der Waals surface area contributed by atoms with Gasteiger partial charge in [0.2, 0.25) is 5.95 Å². The molecule has 2 aromatic rings. The van der Waals surface area contributed by atoms with E-state index in [2.05, 4.69) is 24.8 Å². The van der Waals surface area contributed by atoms with E-state index < -0.39 is 17.6 Å². The van der Waals surface area contributed by atoms with Crippen molar-refractivity contribution in [2.45, 2.75) is 26.6 Å². The predicted octanol–water partition coefficient (Wildman–Crippen LogP) is 3.66. The molecule has 4 heterocycles. The van der Waals surface area contributed by atoms with Crippen LogP contribution in [0.5, 0.6) is 0 Å². The maximum atomic E-state index is 13.7. The number of nitrogen functional groups attached to an aromatic ring is 1. The number of aromatic nitrogens is 3. The minimum atomic E-state index is -4.36. The van der Waals surface area contributed by atoms with Crippen LogP contribution in [0.15, 0.2) is 53.9 Å². The number of pyridine rings is 1. The lowest BCUT2D eigenvalue weighted by Crippen LogP contribution is -2.45. The van der Waals surface area contributed by atoms with E-state index in [4.69, 9.17) is 16.2 Å². The molecule has 9 nitrogen and oxygen atoms in total. The molecule has 0 radical (unpaired) electrons. The van der Waals surface area contributed by atoms with Gasteiger partial charge >= 0.3 is 6.18 Å². The van der Waals surface area contributed by atoms with Crippen LogP contribution in [0.1, 0.15) is 25.1 Å². The number of anilines is 2. The van der Waals surface area contributed by atoms with Crippen molar-refractivity contribution in [1.82, 2.24) is 24.8 Å². The van der Waals surface area contributed by atoms with E-state index in [0.717, 1.165) is 49.2 Å². The number of piperazine rings is 1. The monoisotopic (exact) mass is 592 g/mol. The van der Waals surface area contributed by atoms with Crippen LogP contribution in [0.4, 0.5) is 29.3 Å². The molecule has 0 saturated carbocycles. The van der Waals surface area contributed by atoms with E-state index in [1.54, 1.807) is 23.2 Å². The second-order valence-electron chi connectivity index (χ2n) is 10.0. The van der Waals surface area contributed by atoms with Crippen LogP contribution < -0.4 is 16.4 Å². The summed E-state index contributed by atoms with van der Waals surface area (Å²) in [5, 5.41) is 0. The largest absolute Gasteiger partial charge is 0.416 e. The van der Waals surface area contributed by atoms with Crippen LogP contribution in [0, 0.1) is 5.82 Å². The zero-order chi connectivity index (χ0) is 29.4. The van der Waals surface area contributed by atoms with E-state index in [-0.39, 0.29) is 25.6 Å². The molecular weight excluding hydrogens is 552 g/mol. The number of hydrogen-bond acceptors (Lipinski definition) is 9. The second kappa shape index (κ2) is 15.2. The van der Waals surface area contributed by atoms with Crippen molar-refractivity contribution in [2.75, 3.05) is 76.7 Å². The van der Waals surface area contributed by atoms with Gasteiger partial charge in [0.05, 0.1) is 30.7 Å². The standard InChI is InChI=1S/C20H25F3N4.C8H11FN4O.CH4/c1-26-8-10-27(11-9-26)14-17-3-2-15(4-5-19(17)20(21,22)23)16-6-7-25-18(12-16)13-24;9-6-5-11-8(10)12-7(6)13-1-3-14-4-2-13;/h2-3,5-7,12H,4,8-11,13-14,24H2,1H3;5H,1-4H2,(H2,10,11,12);1H4. The van der Waals surface area contributed by atoms with Gasteiger partial charge in [-0.1, -0.05) is 25.7 Å². The van der Waals surface area contributed by atoms with Gasteiger partial charge in [0.25, 0.3) is 0 Å². The Bertz CT molecular complexity index is 1270. The quantitative estimate of drug-likeness (QED) is 0.503. The molecule has 2 saturated heterocycles. The molecule has 2 fully saturated rings. The molecule has 0 spiro atoms. The minimum absolute atomic E-state index is 0. The third-order valence-electron chi connectivity index (χ3n) is 7.10. The van der Waals surface area contributed by atoms with Crippen LogP contribution >= 0.6 is 0 Å². The molecule has 1 aliphatic carbocycles. The fourth-order valence-electron chi connectivity index (χ4n) is 4.76. The highest BCUT2D eigenvalue weighted by Crippen LogP contribution is 2.36. The number of morpholine rings is 1. The van der Waals surface area contributed by atoms with Gasteiger partial charge in [0.15, 0.2) is 11.6 Å². The summed E-state index contributed by atoms with van der Waals surface area (Å²) in [6, 6.07) is 3.65. The normalized spacial score (nSPS) is 18.5. The van der Waals surface area contributed by atoms with Gasteiger partial charge in [0.1, 0.15) is 0 Å². The molecule has 230 valence electrons. The number of nitrogens with zero attached hydrogens (tertiary/aromatic N) is 6. The Morgan fingerprint density at radius 2 is 1.74 bits per heavy atom. The number of ether oxygens (including phenoxy) is 1. The fraction of sp³-hybridized carbons (Fsp3) is 0.483. The molecule has 0 atom stereocenters. The lowest BCUT2D eigenvalue weighted by atomic mass is 10.0. The molecule has 4 N–H and O–H groups in total. The fourth-order valence-corrected chi connectivity index (χ4v) is 4.76. The summed E-state index contributed by atoms with van der Waals surface area (Å²) in [6.45, 7) is 6.35. The van der Waals surface area contributed by atoms with Gasteiger partial charge in [-0.15, -0.1) is 0 Å². The van der Waals surface area contributed by atoms with Gasteiger partial charge in [-0.25, -0.2) is 9.37 Å². The number of hydrogen-bond donors (Lipinski definition) is 2. The van der Waals surface area contributed by atoms with Gasteiger partial charge in [-0.2, -0.15) is 18.2 Å². The van der Waals surface area contributed by atoms with Gasteiger partial charge in [-0.3, -0.25) is 9.88 Å². The van der Waals surface area contributed by atoms with Crippen LogP contribution in [0.25, 0.3) is 5.57 Å². The van der Waals surface area contributed by atoms with Crippen molar-refractivity contribution in [3.05, 3.63) is 71.0 Å². The van der Waals surface area contributed by atoms with Crippen molar-refractivity contribution in [3.8, 4) is 0 Å². The zero-order valence-corrected chi connectivity index (χ0v) is 23.1. The number of likely N-dealkylation sites (N-methyl/N-ethyl adjacent to an activating group) is 1. The highest BCUT2D eigenvalue weighted by Gasteiger charge is 2.36. The molecule has 13 heteroatoms. The van der Waals surface area contributed by atoms with E-state index in [0.29, 0.717) is 45.0 Å². The Kier molecular flexibility index (Phi) is 12.0. The Balaban J connectivity index is 0.000000272. The molecule has 0 unspecified atom stereocenters. The number of nitrogens with two attached hydrogens (primary N) is 2. The lowest BCUT2D eigenvalue weighted by Gasteiger charge is -2.33. The van der Waals surface area contributed by atoms with Gasteiger partial charge in [-0.05, 0) is 42.3 Å². The summed E-state index contributed by atoms with van der Waals surface area (Å²) >= 11 is 0. The summed E-state index contributed by atoms with van der Waals surface area (Å²) in [7, 11) is 2.03. The Labute approximate surface area is 244 Å². The average molecular weight is 593 g/mol. The third kappa shape index (κ3) is 9.05. The molecule has 0 amide bonds. The number of allylic oxidation sites excluding steroid dienone is 4. The zero-order valence-electron chi connectivity index (χ0n) is 23.1. The van der Waals surface area contributed by atoms with Crippen molar-refractivity contribution in [1.29, 1.82) is 0 Å². The molecule has 42 heavy (non-hydrogen) atoms. The lowest BCUT2D eigenvalue weighted by molar-refractivity contribution is -0.0900.